The number of carbonyl (C=O) groups excluding carboxylic acids is 1. The number of aromatic nitrogens is 3. The Balaban J connectivity index is 1.22. The van der Waals surface area contributed by atoms with Crippen LogP contribution in [0.1, 0.15) is 49.1 Å². The van der Waals surface area contributed by atoms with Crippen molar-refractivity contribution in [2.75, 3.05) is 39.3 Å². The van der Waals surface area contributed by atoms with E-state index in [0.717, 1.165) is 62.5 Å². The fourth-order valence-electron chi connectivity index (χ4n) is 5.38. The van der Waals surface area contributed by atoms with Gasteiger partial charge in [-0.1, -0.05) is 0 Å². The number of aryl methyl sites for hydroxylation is 1. The fourth-order valence-corrected chi connectivity index (χ4v) is 5.38. The standard InChI is InChI=1S/C24H34N6O/c1-19-14-21(7-9-25-19)30-16-20-15-28(13-8-23(20)26-30)18-24(31)29-12-3-2-6-22(29)17-27-10-4-5-11-27/h7,9,14,16,22H,2-6,8,10-13,15,17-18H2,1H3. The quantitative estimate of drug-likeness (QED) is 0.741. The number of pyridine rings is 1. The number of rotatable bonds is 5. The van der Waals surface area contributed by atoms with Crippen LogP contribution in [0.3, 0.4) is 0 Å². The molecule has 5 rings (SSSR count). The molecule has 0 saturated carbocycles. The number of hydrogen-bond acceptors (Lipinski definition) is 5. The zero-order valence-electron chi connectivity index (χ0n) is 18.7. The molecule has 2 aromatic rings. The van der Waals surface area contributed by atoms with Gasteiger partial charge in [-0.2, -0.15) is 5.10 Å². The van der Waals surface area contributed by atoms with E-state index in [9.17, 15) is 4.79 Å². The Bertz CT molecular complexity index is 919. The molecule has 5 heterocycles. The number of fused-ring (bicyclic) bond motifs is 1. The normalized spacial score (nSPS) is 22.6. The van der Waals surface area contributed by atoms with Gasteiger partial charge in [-0.05, 0) is 64.3 Å². The van der Waals surface area contributed by atoms with E-state index in [0.29, 0.717) is 18.5 Å². The first-order valence-electron chi connectivity index (χ1n) is 11.9. The van der Waals surface area contributed by atoms with E-state index >= 15 is 0 Å². The van der Waals surface area contributed by atoms with Crippen LogP contribution in [0, 0.1) is 6.92 Å². The van der Waals surface area contributed by atoms with Crippen molar-refractivity contribution >= 4 is 5.91 Å². The second kappa shape index (κ2) is 9.09. The largest absolute Gasteiger partial charge is 0.337 e. The van der Waals surface area contributed by atoms with Gasteiger partial charge in [-0.15, -0.1) is 0 Å². The van der Waals surface area contributed by atoms with Crippen LogP contribution in [0.15, 0.2) is 24.5 Å². The molecule has 2 fully saturated rings. The number of nitrogens with zero attached hydrogens (tertiary/aromatic N) is 6. The number of piperidine rings is 1. The van der Waals surface area contributed by atoms with Gasteiger partial charge in [0.1, 0.15) is 0 Å². The lowest BCUT2D eigenvalue weighted by atomic mass is 10.0. The molecule has 3 aliphatic rings. The Morgan fingerprint density at radius 2 is 1.94 bits per heavy atom. The fraction of sp³-hybridized carbons (Fsp3) is 0.625. The molecule has 0 aliphatic carbocycles. The average Bonchev–Trinajstić information content (AvgIpc) is 3.43. The summed E-state index contributed by atoms with van der Waals surface area (Å²) in [6.07, 6.45) is 11.0. The van der Waals surface area contributed by atoms with Crippen LogP contribution in [-0.4, -0.2) is 80.7 Å². The molecule has 2 aromatic heterocycles. The lowest BCUT2D eigenvalue weighted by Crippen LogP contribution is -2.52. The van der Waals surface area contributed by atoms with Crippen molar-refractivity contribution in [2.24, 2.45) is 0 Å². The summed E-state index contributed by atoms with van der Waals surface area (Å²) in [5, 5.41) is 4.80. The predicted octanol–water partition coefficient (Wildman–Crippen LogP) is 2.41. The van der Waals surface area contributed by atoms with Gasteiger partial charge >= 0.3 is 0 Å². The number of carbonyl (C=O) groups is 1. The smallest absolute Gasteiger partial charge is 0.237 e. The minimum Gasteiger partial charge on any atom is -0.337 e. The van der Waals surface area contributed by atoms with Crippen molar-refractivity contribution in [3.8, 4) is 5.69 Å². The van der Waals surface area contributed by atoms with E-state index in [1.54, 1.807) is 0 Å². The third-order valence-electron chi connectivity index (χ3n) is 7.05. The average molecular weight is 423 g/mol. The molecule has 1 unspecified atom stereocenters. The molecule has 0 bridgehead atoms. The number of likely N-dealkylation sites (tertiary alicyclic amines) is 2. The van der Waals surface area contributed by atoms with Crippen LogP contribution < -0.4 is 0 Å². The predicted molar refractivity (Wildman–Crippen MR) is 120 cm³/mol. The Morgan fingerprint density at radius 1 is 1.10 bits per heavy atom. The molecule has 7 nitrogen and oxygen atoms in total. The zero-order chi connectivity index (χ0) is 21.2. The monoisotopic (exact) mass is 422 g/mol. The molecule has 7 heteroatoms. The van der Waals surface area contributed by atoms with Crippen molar-refractivity contribution < 1.29 is 4.79 Å². The number of amides is 1. The van der Waals surface area contributed by atoms with Crippen molar-refractivity contribution in [3.05, 3.63) is 41.5 Å². The molecule has 0 N–H and O–H groups in total. The van der Waals surface area contributed by atoms with E-state index in [-0.39, 0.29) is 0 Å². The summed E-state index contributed by atoms with van der Waals surface area (Å²) < 4.78 is 1.96. The highest BCUT2D eigenvalue weighted by Crippen LogP contribution is 2.23. The first-order valence-corrected chi connectivity index (χ1v) is 11.9. The summed E-state index contributed by atoms with van der Waals surface area (Å²) in [4.78, 5) is 24.6. The molecule has 1 amide bonds. The van der Waals surface area contributed by atoms with Gasteiger partial charge in [0.05, 0.1) is 17.9 Å². The SMILES string of the molecule is Cc1cc(-n2cc3c(n2)CCN(CC(=O)N2CCCCC2CN2CCCC2)C3)ccn1. The third-order valence-corrected chi connectivity index (χ3v) is 7.05. The van der Waals surface area contributed by atoms with Crippen LogP contribution in [0.25, 0.3) is 5.69 Å². The van der Waals surface area contributed by atoms with Crippen LogP contribution in [-0.2, 0) is 17.8 Å². The van der Waals surface area contributed by atoms with Crippen molar-refractivity contribution in [1.82, 2.24) is 29.5 Å². The van der Waals surface area contributed by atoms with Crippen LogP contribution in [0.4, 0.5) is 0 Å². The molecule has 166 valence electrons. The highest BCUT2D eigenvalue weighted by atomic mass is 16.2. The molecule has 2 saturated heterocycles. The topological polar surface area (TPSA) is 57.5 Å². The maximum atomic E-state index is 13.3. The summed E-state index contributed by atoms with van der Waals surface area (Å²) in [5.41, 5.74) is 4.43. The Morgan fingerprint density at radius 3 is 2.77 bits per heavy atom. The van der Waals surface area contributed by atoms with Crippen molar-refractivity contribution in [2.45, 2.75) is 58.0 Å². The minimum atomic E-state index is 0.310. The van der Waals surface area contributed by atoms with Gasteiger partial charge in [-0.25, -0.2) is 4.68 Å². The van der Waals surface area contributed by atoms with E-state index in [1.165, 1.54) is 37.9 Å². The summed E-state index contributed by atoms with van der Waals surface area (Å²) >= 11 is 0. The maximum Gasteiger partial charge on any atom is 0.237 e. The number of hydrogen-bond donors (Lipinski definition) is 0. The Hall–Kier alpha value is -2.25. The summed E-state index contributed by atoms with van der Waals surface area (Å²) in [5.74, 6) is 0.310. The molecular formula is C24H34N6O. The van der Waals surface area contributed by atoms with Crippen LogP contribution in [0.2, 0.25) is 0 Å². The lowest BCUT2D eigenvalue weighted by Gasteiger charge is -2.39. The van der Waals surface area contributed by atoms with Crippen LogP contribution >= 0.6 is 0 Å². The Labute approximate surface area is 185 Å². The van der Waals surface area contributed by atoms with Gasteiger partial charge in [-0.3, -0.25) is 14.7 Å². The third kappa shape index (κ3) is 4.67. The summed E-state index contributed by atoms with van der Waals surface area (Å²) in [6, 6.07) is 4.44. The first kappa shape index (κ1) is 20.6. The van der Waals surface area contributed by atoms with Crippen molar-refractivity contribution in [3.63, 3.8) is 0 Å². The van der Waals surface area contributed by atoms with E-state index in [1.807, 2.05) is 23.9 Å². The Kier molecular flexibility index (Phi) is 6.05. The molecule has 0 spiro atoms. The first-order chi connectivity index (χ1) is 15.2. The summed E-state index contributed by atoms with van der Waals surface area (Å²) in [7, 11) is 0. The zero-order valence-corrected chi connectivity index (χ0v) is 18.7. The van der Waals surface area contributed by atoms with Crippen molar-refractivity contribution in [1.29, 1.82) is 0 Å². The van der Waals surface area contributed by atoms with Gasteiger partial charge in [0, 0.05) is 62.3 Å². The second-order valence-corrected chi connectivity index (χ2v) is 9.41. The second-order valence-electron chi connectivity index (χ2n) is 9.41. The molecule has 0 aromatic carbocycles. The van der Waals surface area contributed by atoms with Crippen LogP contribution in [0.5, 0.6) is 0 Å². The highest BCUT2D eigenvalue weighted by molar-refractivity contribution is 5.78. The lowest BCUT2D eigenvalue weighted by molar-refractivity contribution is -0.136. The maximum absolute atomic E-state index is 13.3. The molecule has 3 aliphatic heterocycles. The molecular weight excluding hydrogens is 388 g/mol. The molecule has 0 radical (unpaired) electrons. The summed E-state index contributed by atoms with van der Waals surface area (Å²) in [6.45, 7) is 8.62. The minimum absolute atomic E-state index is 0.310. The van der Waals surface area contributed by atoms with E-state index in [4.69, 9.17) is 5.10 Å². The van der Waals surface area contributed by atoms with Gasteiger partial charge in [0.25, 0.3) is 0 Å². The van der Waals surface area contributed by atoms with E-state index < -0.39 is 0 Å². The van der Waals surface area contributed by atoms with E-state index in [2.05, 4.69) is 31.9 Å². The van der Waals surface area contributed by atoms with Gasteiger partial charge in [0.15, 0.2) is 0 Å². The molecule has 1 atom stereocenters. The van der Waals surface area contributed by atoms with Gasteiger partial charge in [0.2, 0.25) is 5.91 Å². The highest BCUT2D eigenvalue weighted by Gasteiger charge is 2.31. The van der Waals surface area contributed by atoms with Gasteiger partial charge < -0.3 is 9.80 Å². The molecule has 31 heavy (non-hydrogen) atoms.